The van der Waals surface area contributed by atoms with E-state index in [4.69, 9.17) is 9.26 Å². The van der Waals surface area contributed by atoms with Gasteiger partial charge >= 0.3 is 0 Å². The number of carbonyl (C=O) groups excluding carboxylic acids is 3. The van der Waals surface area contributed by atoms with Crippen LogP contribution in [0.5, 0.6) is 0 Å². The highest BCUT2D eigenvalue weighted by Gasteiger charge is 2.46. The first kappa shape index (κ1) is 26.0. The maximum absolute atomic E-state index is 13.6. The fourth-order valence-electron chi connectivity index (χ4n) is 4.89. The van der Waals surface area contributed by atoms with Crippen LogP contribution in [0.3, 0.4) is 0 Å². The van der Waals surface area contributed by atoms with Crippen molar-refractivity contribution in [2.45, 2.75) is 64.8 Å². The second kappa shape index (κ2) is 11.8. The van der Waals surface area contributed by atoms with Crippen LogP contribution in [-0.2, 0) is 27.2 Å². The maximum Gasteiger partial charge on any atom is 0.240 e. The first-order chi connectivity index (χ1) is 17.4. The lowest BCUT2D eigenvalue weighted by Crippen LogP contribution is -2.46. The van der Waals surface area contributed by atoms with E-state index in [9.17, 15) is 14.4 Å². The molecule has 1 saturated carbocycles. The van der Waals surface area contributed by atoms with Gasteiger partial charge in [0.05, 0.1) is 19.3 Å². The van der Waals surface area contributed by atoms with E-state index < -0.39 is 12.0 Å². The number of rotatable bonds is 12. The molecule has 0 radical (unpaired) electrons. The lowest BCUT2D eigenvalue weighted by molar-refractivity contribution is -0.140. The van der Waals surface area contributed by atoms with E-state index in [-0.39, 0.29) is 35.3 Å². The smallest absolute Gasteiger partial charge is 0.240 e. The number of hydrogen-bond acceptors (Lipinski definition) is 7. The quantitative estimate of drug-likeness (QED) is 0.449. The molecule has 9 nitrogen and oxygen atoms in total. The lowest BCUT2D eigenvalue weighted by Gasteiger charge is -2.30. The van der Waals surface area contributed by atoms with Crippen molar-refractivity contribution in [3.8, 4) is 0 Å². The number of aromatic nitrogens is 2. The summed E-state index contributed by atoms with van der Waals surface area (Å²) in [6.45, 7) is 5.79. The standard InChI is InChI=1S/C27H36N4O5/c1-3-21(24(33)25-29-22(4-2)36-30-25)28-26(34)20(16-23(32)31-12-14-35-15-13-31)18-27(10-11-27)17-19-8-6-5-7-9-19/h5-9,20-21H,3-4,10-18H2,1-2H3,(H,28,34)/t20-,21-/m0/s1. The van der Waals surface area contributed by atoms with E-state index in [1.165, 1.54) is 5.56 Å². The summed E-state index contributed by atoms with van der Waals surface area (Å²) in [6, 6.07) is 9.48. The van der Waals surface area contributed by atoms with Crippen LogP contribution in [-0.4, -0.2) is 65.0 Å². The number of amides is 2. The van der Waals surface area contributed by atoms with Gasteiger partial charge in [-0.15, -0.1) is 0 Å². The summed E-state index contributed by atoms with van der Waals surface area (Å²) >= 11 is 0. The molecule has 1 aliphatic heterocycles. The Hall–Kier alpha value is -3.07. The van der Waals surface area contributed by atoms with Crippen LogP contribution in [0, 0.1) is 11.3 Å². The summed E-state index contributed by atoms with van der Waals surface area (Å²) in [5.74, 6) is -0.856. The van der Waals surface area contributed by atoms with Crippen molar-refractivity contribution in [2.24, 2.45) is 11.3 Å². The first-order valence-corrected chi connectivity index (χ1v) is 13.0. The highest BCUT2D eigenvalue weighted by atomic mass is 16.5. The number of nitrogens with zero attached hydrogens (tertiary/aromatic N) is 3. The molecule has 36 heavy (non-hydrogen) atoms. The summed E-state index contributed by atoms with van der Waals surface area (Å²) in [5.41, 5.74) is 1.24. The van der Waals surface area contributed by atoms with Crippen molar-refractivity contribution in [3.63, 3.8) is 0 Å². The Morgan fingerprint density at radius 3 is 2.44 bits per heavy atom. The van der Waals surface area contributed by atoms with E-state index in [0.29, 0.717) is 51.5 Å². The SMILES string of the molecule is CCc1nc(C(=O)[C@H](CC)NC(=O)[C@@H](CC(=O)N2CCOCC2)CC2(Cc3ccccc3)CC2)no1. The van der Waals surface area contributed by atoms with Crippen molar-refractivity contribution >= 4 is 17.6 Å². The van der Waals surface area contributed by atoms with E-state index in [2.05, 4.69) is 27.6 Å². The minimum Gasteiger partial charge on any atom is -0.378 e. The van der Waals surface area contributed by atoms with Gasteiger partial charge in [-0.1, -0.05) is 49.3 Å². The average molecular weight is 497 g/mol. The third-order valence-corrected chi connectivity index (χ3v) is 7.25. The second-order valence-corrected chi connectivity index (χ2v) is 9.96. The molecule has 2 atom stereocenters. The molecular formula is C27H36N4O5. The lowest BCUT2D eigenvalue weighted by atomic mass is 9.84. The summed E-state index contributed by atoms with van der Waals surface area (Å²) < 4.78 is 10.5. The number of carbonyl (C=O) groups is 3. The monoisotopic (exact) mass is 496 g/mol. The molecule has 1 N–H and O–H groups in total. The predicted molar refractivity (Wildman–Crippen MR) is 132 cm³/mol. The number of ether oxygens (including phenoxy) is 1. The number of nitrogens with one attached hydrogen (secondary N) is 1. The highest BCUT2D eigenvalue weighted by molar-refractivity contribution is 5.99. The molecule has 9 heteroatoms. The molecule has 2 aromatic rings. The summed E-state index contributed by atoms with van der Waals surface area (Å²) in [6.07, 6.45) is 4.57. The zero-order valence-corrected chi connectivity index (χ0v) is 21.2. The van der Waals surface area contributed by atoms with Crippen molar-refractivity contribution < 1.29 is 23.6 Å². The van der Waals surface area contributed by atoms with Gasteiger partial charge in [0.25, 0.3) is 0 Å². The van der Waals surface area contributed by atoms with Crippen LogP contribution >= 0.6 is 0 Å². The summed E-state index contributed by atoms with van der Waals surface area (Å²) in [5, 5.41) is 6.68. The zero-order valence-electron chi connectivity index (χ0n) is 21.2. The Morgan fingerprint density at radius 2 is 1.83 bits per heavy atom. The Labute approximate surface area is 212 Å². The molecule has 1 aromatic carbocycles. The molecule has 0 unspecified atom stereocenters. The van der Waals surface area contributed by atoms with Crippen molar-refractivity contribution in [2.75, 3.05) is 26.3 Å². The van der Waals surface area contributed by atoms with Gasteiger partial charge in [-0.2, -0.15) is 4.98 Å². The van der Waals surface area contributed by atoms with Gasteiger partial charge < -0.3 is 19.5 Å². The largest absolute Gasteiger partial charge is 0.378 e. The van der Waals surface area contributed by atoms with Crippen molar-refractivity contribution in [1.82, 2.24) is 20.4 Å². The van der Waals surface area contributed by atoms with Gasteiger partial charge in [0.2, 0.25) is 29.3 Å². The van der Waals surface area contributed by atoms with Crippen LogP contribution < -0.4 is 5.32 Å². The van der Waals surface area contributed by atoms with Gasteiger partial charge in [0.15, 0.2) is 0 Å². The molecule has 1 saturated heterocycles. The van der Waals surface area contributed by atoms with E-state index in [0.717, 1.165) is 19.3 Å². The Morgan fingerprint density at radius 1 is 1.11 bits per heavy atom. The molecular weight excluding hydrogens is 460 g/mol. The van der Waals surface area contributed by atoms with Crippen molar-refractivity contribution in [1.29, 1.82) is 0 Å². The number of aryl methyl sites for hydroxylation is 1. The third-order valence-electron chi connectivity index (χ3n) is 7.25. The van der Waals surface area contributed by atoms with Crippen LogP contribution in [0.4, 0.5) is 0 Å². The Balaban J connectivity index is 1.47. The molecule has 0 spiro atoms. The number of benzene rings is 1. The molecule has 194 valence electrons. The van der Waals surface area contributed by atoms with Gasteiger partial charge in [-0.05, 0) is 43.1 Å². The predicted octanol–water partition coefficient (Wildman–Crippen LogP) is 2.99. The second-order valence-electron chi connectivity index (χ2n) is 9.96. The topological polar surface area (TPSA) is 115 Å². The number of morpholine rings is 1. The van der Waals surface area contributed by atoms with Crippen LogP contribution in [0.1, 0.15) is 68.0 Å². The summed E-state index contributed by atoms with van der Waals surface area (Å²) in [7, 11) is 0. The van der Waals surface area contributed by atoms with Crippen molar-refractivity contribution in [3.05, 3.63) is 47.6 Å². The van der Waals surface area contributed by atoms with Gasteiger partial charge in [0.1, 0.15) is 0 Å². The minimum atomic E-state index is -0.773. The minimum absolute atomic E-state index is 0.00403. The van der Waals surface area contributed by atoms with E-state index in [1.54, 1.807) is 4.90 Å². The van der Waals surface area contributed by atoms with E-state index >= 15 is 0 Å². The average Bonchev–Trinajstić information content (AvgIpc) is 3.48. The number of hydrogen-bond donors (Lipinski definition) is 1. The molecule has 2 aliphatic rings. The molecule has 2 fully saturated rings. The van der Waals surface area contributed by atoms with E-state index in [1.807, 2.05) is 32.0 Å². The Kier molecular flexibility index (Phi) is 8.51. The van der Waals surface area contributed by atoms with Gasteiger partial charge in [-0.25, -0.2) is 0 Å². The molecule has 1 aliphatic carbocycles. The van der Waals surface area contributed by atoms with Gasteiger partial charge in [0, 0.05) is 31.8 Å². The van der Waals surface area contributed by atoms with Gasteiger partial charge in [-0.3, -0.25) is 14.4 Å². The third kappa shape index (κ3) is 6.57. The van der Waals surface area contributed by atoms with Crippen LogP contribution in [0.15, 0.2) is 34.9 Å². The zero-order chi connectivity index (χ0) is 25.5. The molecule has 2 heterocycles. The summed E-state index contributed by atoms with van der Waals surface area (Å²) in [4.78, 5) is 45.6. The fraction of sp³-hybridized carbons (Fsp3) is 0.593. The Bertz CT molecular complexity index is 1040. The van der Waals surface area contributed by atoms with Crippen LogP contribution in [0.2, 0.25) is 0 Å². The maximum atomic E-state index is 13.6. The number of Topliss-reactive ketones (excluding diaryl/α,β-unsaturated/α-hetero) is 1. The molecule has 1 aromatic heterocycles. The molecule has 0 bridgehead atoms. The van der Waals surface area contributed by atoms with Crippen LogP contribution in [0.25, 0.3) is 0 Å². The normalized spacial score (nSPS) is 18.3. The first-order valence-electron chi connectivity index (χ1n) is 13.0. The molecule has 4 rings (SSSR count). The number of ketones is 1. The highest BCUT2D eigenvalue weighted by Crippen LogP contribution is 2.53. The fourth-order valence-corrected chi connectivity index (χ4v) is 4.89. The molecule has 2 amide bonds.